The van der Waals surface area contributed by atoms with E-state index in [2.05, 4.69) is 23.8 Å². The minimum atomic E-state index is -0.109. The largest absolute Gasteiger partial charge is 0.380 e. The van der Waals surface area contributed by atoms with Gasteiger partial charge in [0.25, 0.3) is 5.56 Å². The average molecular weight is 272 g/mol. The minimum absolute atomic E-state index is 0.109. The first-order valence-corrected chi connectivity index (χ1v) is 6.77. The topological polar surface area (TPSA) is 55.0 Å². The van der Waals surface area contributed by atoms with Gasteiger partial charge in [0.05, 0.1) is 6.61 Å². The summed E-state index contributed by atoms with van der Waals surface area (Å²) in [7, 11) is 1.66. The predicted molar refractivity (Wildman–Crippen MR) is 79.5 cm³/mol. The van der Waals surface area contributed by atoms with Crippen molar-refractivity contribution in [3.8, 4) is 11.4 Å². The van der Waals surface area contributed by atoms with Crippen molar-refractivity contribution in [2.24, 2.45) is 5.92 Å². The van der Waals surface area contributed by atoms with Crippen molar-refractivity contribution in [1.29, 1.82) is 0 Å². The highest BCUT2D eigenvalue weighted by molar-refractivity contribution is 5.55. The Balaban J connectivity index is 2.39. The van der Waals surface area contributed by atoms with E-state index in [1.165, 1.54) is 0 Å². The quantitative estimate of drug-likeness (QED) is 0.910. The van der Waals surface area contributed by atoms with Crippen LogP contribution in [0, 0.1) is 5.92 Å². The molecule has 1 heterocycles. The molecule has 0 spiro atoms. The first kappa shape index (κ1) is 14.5. The van der Waals surface area contributed by atoms with Crippen molar-refractivity contribution in [3.63, 3.8) is 0 Å². The Morgan fingerprint density at radius 3 is 2.80 bits per heavy atom. The lowest BCUT2D eigenvalue weighted by Gasteiger charge is -2.08. The highest BCUT2D eigenvalue weighted by Crippen LogP contribution is 2.17. The number of nitrogens with one attached hydrogen (secondary N) is 1. The Labute approximate surface area is 118 Å². The van der Waals surface area contributed by atoms with Gasteiger partial charge < -0.3 is 9.72 Å². The molecule has 0 unspecified atom stereocenters. The number of nitrogens with zero attached hydrogens (tertiary/aromatic N) is 1. The summed E-state index contributed by atoms with van der Waals surface area (Å²) in [4.78, 5) is 19.1. The van der Waals surface area contributed by atoms with Crippen LogP contribution in [0.15, 0.2) is 35.1 Å². The zero-order valence-corrected chi connectivity index (χ0v) is 12.1. The molecule has 0 bridgehead atoms. The molecule has 0 aliphatic heterocycles. The van der Waals surface area contributed by atoms with Crippen LogP contribution in [-0.2, 0) is 17.8 Å². The van der Waals surface area contributed by atoms with Crippen LogP contribution in [0.2, 0.25) is 0 Å². The Bertz CT molecular complexity index is 632. The van der Waals surface area contributed by atoms with Crippen LogP contribution in [0.3, 0.4) is 0 Å². The van der Waals surface area contributed by atoms with E-state index in [9.17, 15) is 4.79 Å². The van der Waals surface area contributed by atoms with Gasteiger partial charge in [0.1, 0.15) is 5.82 Å². The Hall–Kier alpha value is -1.94. The third-order valence-electron chi connectivity index (χ3n) is 2.92. The molecule has 106 valence electrons. The average Bonchev–Trinajstić information content (AvgIpc) is 2.38. The molecular weight excluding hydrogens is 252 g/mol. The van der Waals surface area contributed by atoms with E-state index in [-0.39, 0.29) is 5.56 Å². The van der Waals surface area contributed by atoms with Crippen LogP contribution < -0.4 is 5.56 Å². The smallest absolute Gasteiger partial charge is 0.251 e. The molecule has 4 heteroatoms. The number of hydrogen-bond acceptors (Lipinski definition) is 3. The van der Waals surface area contributed by atoms with E-state index in [1.54, 1.807) is 13.2 Å². The number of benzene rings is 1. The molecular formula is C16H20N2O2. The summed E-state index contributed by atoms with van der Waals surface area (Å²) in [6.07, 6.45) is 0.800. The Kier molecular flexibility index (Phi) is 4.69. The molecule has 0 atom stereocenters. The molecule has 0 saturated heterocycles. The summed E-state index contributed by atoms with van der Waals surface area (Å²) < 4.78 is 5.13. The van der Waals surface area contributed by atoms with E-state index in [1.807, 2.05) is 24.3 Å². The zero-order valence-electron chi connectivity index (χ0n) is 12.1. The fourth-order valence-corrected chi connectivity index (χ4v) is 2.14. The Morgan fingerprint density at radius 2 is 2.10 bits per heavy atom. The molecule has 2 rings (SSSR count). The van der Waals surface area contributed by atoms with Gasteiger partial charge in [-0.3, -0.25) is 4.79 Å². The molecule has 1 aromatic carbocycles. The van der Waals surface area contributed by atoms with Gasteiger partial charge in [0.2, 0.25) is 0 Å². The first-order valence-electron chi connectivity index (χ1n) is 6.77. The standard InChI is InChI=1S/C16H20N2O2/c1-11(2)7-14-9-15(19)18-16(17-14)13-6-4-5-12(8-13)10-20-3/h4-6,8-9,11H,7,10H2,1-3H3,(H,17,18,19). The van der Waals surface area contributed by atoms with Gasteiger partial charge in [-0.1, -0.05) is 32.0 Å². The minimum Gasteiger partial charge on any atom is -0.380 e. The number of aromatic amines is 1. The zero-order chi connectivity index (χ0) is 14.5. The maximum Gasteiger partial charge on any atom is 0.251 e. The SMILES string of the molecule is COCc1cccc(-c2nc(CC(C)C)cc(=O)[nH]2)c1. The summed E-state index contributed by atoms with van der Waals surface area (Å²) >= 11 is 0. The Morgan fingerprint density at radius 1 is 1.30 bits per heavy atom. The van der Waals surface area contributed by atoms with Gasteiger partial charge in [-0.05, 0) is 24.0 Å². The van der Waals surface area contributed by atoms with E-state index >= 15 is 0 Å². The number of aromatic nitrogens is 2. The maximum absolute atomic E-state index is 11.8. The van der Waals surface area contributed by atoms with Crippen LogP contribution in [0.25, 0.3) is 11.4 Å². The van der Waals surface area contributed by atoms with Crippen LogP contribution in [0.4, 0.5) is 0 Å². The van der Waals surface area contributed by atoms with Crippen LogP contribution in [0.1, 0.15) is 25.1 Å². The molecule has 0 fully saturated rings. The second kappa shape index (κ2) is 6.48. The van der Waals surface area contributed by atoms with Gasteiger partial charge in [-0.2, -0.15) is 0 Å². The van der Waals surface area contributed by atoms with Gasteiger partial charge >= 0.3 is 0 Å². The molecule has 0 aliphatic carbocycles. The van der Waals surface area contributed by atoms with Crippen LogP contribution in [0.5, 0.6) is 0 Å². The first-order chi connectivity index (χ1) is 9.58. The second-order valence-corrected chi connectivity index (χ2v) is 5.32. The number of methoxy groups -OCH3 is 1. The second-order valence-electron chi connectivity index (χ2n) is 5.32. The van der Waals surface area contributed by atoms with Crippen molar-refractivity contribution in [2.75, 3.05) is 7.11 Å². The number of H-pyrrole nitrogens is 1. The number of rotatable bonds is 5. The molecule has 1 aromatic heterocycles. The summed E-state index contributed by atoms with van der Waals surface area (Å²) in [5.74, 6) is 1.09. The lowest BCUT2D eigenvalue weighted by molar-refractivity contribution is 0.185. The van der Waals surface area contributed by atoms with Gasteiger partial charge in [0, 0.05) is 24.4 Å². The molecule has 0 aliphatic rings. The van der Waals surface area contributed by atoms with E-state index in [4.69, 9.17) is 4.74 Å². The molecule has 0 amide bonds. The maximum atomic E-state index is 11.8. The summed E-state index contributed by atoms with van der Waals surface area (Å²) in [6, 6.07) is 9.43. The third-order valence-corrected chi connectivity index (χ3v) is 2.92. The molecule has 1 N–H and O–H groups in total. The molecule has 0 saturated carbocycles. The summed E-state index contributed by atoms with van der Waals surface area (Å²) in [6.45, 7) is 4.77. The summed E-state index contributed by atoms with van der Waals surface area (Å²) in [5, 5.41) is 0. The number of ether oxygens (including phenoxy) is 1. The lowest BCUT2D eigenvalue weighted by atomic mass is 10.1. The fraction of sp³-hybridized carbons (Fsp3) is 0.375. The monoisotopic (exact) mass is 272 g/mol. The van der Waals surface area contributed by atoms with Crippen molar-refractivity contribution >= 4 is 0 Å². The van der Waals surface area contributed by atoms with E-state index in [0.29, 0.717) is 18.3 Å². The van der Waals surface area contributed by atoms with Gasteiger partial charge in [0.15, 0.2) is 0 Å². The third kappa shape index (κ3) is 3.78. The highest BCUT2D eigenvalue weighted by atomic mass is 16.5. The van der Waals surface area contributed by atoms with Gasteiger partial charge in [-0.15, -0.1) is 0 Å². The fourth-order valence-electron chi connectivity index (χ4n) is 2.14. The van der Waals surface area contributed by atoms with Crippen molar-refractivity contribution < 1.29 is 4.74 Å². The van der Waals surface area contributed by atoms with Crippen molar-refractivity contribution in [3.05, 3.63) is 51.9 Å². The van der Waals surface area contributed by atoms with Crippen molar-refractivity contribution in [1.82, 2.24) is 9.97 Å². The van der Waals surface area contributed by atoms with Crippen LogP contribution >= 0.6 is 0 Å². The number of hydrogen-bond donors (Lipinski definition) is 1. The molecule has 20 heavy (non-hydrogen) atoms. The van der Waals surface area contributed by atoms with E-state index < -0.39 is 0 Å². The highest BCUT2D eigenvalue weighted by Gasteiger charge is 2.06. The predicted octanol–water partition coefficient (Wildman–Crippen LogP) is 2.78. The lowest BCUT2D eigenvalue weighted by Crippen LogP contribution is -2.11. The molecule has 4 nitrogen and oxygen atoms in total. The van der Waals surface area contributed by atoms with Crippen molar-refractivity contribution in [2.45, 2.75) is 26.9 Å². The molecule has 2 aromatic rings. The normalized spacial score (nSPS) is 11.0. The van der Waals surface area contributed by atoms with Crippen LogP contribution in [-0.4, -0.2) is 17.1 Å². The summed E-state index contributed by atoms with van der Waals surface area (Å²) in [5.41, 5.74) is 2.68. The molecule has 0 radical (unpaired) electrons. The van der Waals surface area contributed by atoms with Gasteiger partial charge in [-0.25, -0.2) is 4.98 Å². The van der Waals surface area contributed by atoms with E-state index in [0.717, 1.165) is 23.2 Å².